The van der Waals surface area contributed by atoms with Gasteiger partial charge in [0.15, 0.2) is 0 Å². The van der Waals surface area contributed by atoms with Gasteiger partial charge in [0.25, 0.3) is 5.69 Å². The number of rotatable bonds is 6. The Bertz CT molecular complexity index is 542. The number of nitro benzene ring substituents is 1. The van der Waals surface area contributed by atoms with Crippen LogP contribution in [0.15, 0.2) is 22.7 Å². The summed E-state index contributed by atoms with van der Waals surface area (Å²) in [6.45, 7) is 5.67. The van der Waals surface area contributed by atoms with Gasteiger partial charge in [-0.25, -0.2) is 0 Å². The Hall–Kier alpha value is -1.65. The van der Waals surface area contributed by atoms with E-state index in [1.54, 1.807) is 13.0 Å². The molecular weight excluding hydrogens is 326 g/mol. The maximum absolute atomic E-state index is 10.8. The van der Waals surface area contributed by atoms with Crippen LogP contribution in [0.5, 0.6) is 5.75 Å². The Morgan fingerprint density at radius 2 is 2.20 bits per heavy atom. The molecule has 0 heterocycles. The van der Waals surface area contributed by atoms with Gasteiger partial charge in [-0.1, -0.05) is 15.9 Å². The Labute approximate surface area is 126 Å². The second kappa shape index (κ2) is 6.68. The number of halogens is 1. The molecular formula is C13H16BrN3O3. The largest absolute Gasteiger partial charge is 0.490 e. The summed E-state index contributed by atoms with van der Waals surface area (Å²) in [5, 5.41) is 23.1. The Morgan fingerprint density at radius 1 is 1.55 bits per heavy atom. The zero-order valence-electron chi connectivity index (χ0n) is 11.5. The number of benzene rings is 1. The van der Waals surface area contributed by atoms with E-state index in [0.29, 0.717) is 10.2 Å². The number of non-ortho nitro benzene ring substituents is 1. The number of nitrogens with one attached hydrogen (secondary N) is 1. The highest BCUT2D eigenvalue weighted by Crippen LogP contribution is 2.26. The van der Waals surface area contributed by atoms with E-state index < -0.39 is 10.5 Å². The van der Waals surface area contributed by atoms with E-state index in [-0.39, 0.29) is 18.3 Å². The van der Waals surface area contributed by atoms with Crippen LogP contribution in [0.25, 0.3) is 0 Å². The molecule has 1 N–H and O–H groups in total. The van der Waals surface area contributed by atoms with Crippen LogP contribution in [0, 0.1) is 21.4 Å². The van der Waals surface area contributed by atoms with Crippen LogP contribution < -0.4 is 10.1 Å². The first kappa shape index (κ1) is 16.4. The molecule has 0 saturated heterocycles. The lowest BCUT2D eigenvalue weighted by Crippen LogP contribution is -2.49. The van der Waals surface area contributed by atoms with Crippen LogP contribution in [0.3, 0.4) is 0 Å². The third kappa shape index (κ3) is 4.79. The van der Waals surface area contributed by atoms with Crippen molar-refractivity contribution in [3.63, 3.8) is 0 Å². The molecule has 1 unspecified atom stereocenters. The monoisotopic (exact) mass is 341 g/mol. The van der Waals surface area contributed by atoms with E-state index in [2.05, 4.69) is 27.3 Å². The molecule has 1 aromatic carbocycles. The van der Waals surface area contributed by atoms with Crippen molar-refractivity contribution in [2.45, 2.75) is 32.4 Å². The second-order valence-corrected chi connectivity index (χ2v) is 5.85. The average Bonchev–Trinajstić information content (AvgIpc) is 2.35. The van der Waals surface area contributed by atoms with Crippen LogP contribution >= 0.6 is 15.9 Å². The number of nitrogens with zero attached hydrogens (tertiary/aromatic N) is 2. The van der Waals surface area contributed by atoms with Crippen molar-refractivity contribution in [2.24, 2.45) is 0 Å². The van der Waals surface area contributed by atoms with Crippen molar-refractivity contribution in [2.75, 3.05) is 6.61 Å². The predicted octanol–water partition coefficient (Wildman–Crippen LogP) is 3.02. The van der Waals surface area contributed by atoms with Gasteiger partial charge in [-0.05, 0) is 26.8 Å². The minimum atomic E-state index is -0.856. The molecule has 0 amide bonds. The van der Waals surface area contributed by atoms with Gasteiger partial charge < -0.3 is 4.74 Å². The summed E-state index contributed by atoms with van der Waals surface area (Å²) in [4.78, 5) is 10.3. The molecule has 0 radical (unpaired) electrons. The predicted molar refractivity (Wildman–Crippen MR) is 78.6 cm³/mol. The summed E-state index contributed by atoms with van der Waals surface area (Å²) in [6.07, 6.45) is 0. The van der Waals surface area contributed by atoms with Crippen molar-refractivity contribution in [1.29, 1.82) is 5.26 Å². The van der Waals surface area contributed by atoms with E-state index in [4.69, 9.17) is 4.74 Å². The Morgan fingerprint density at radius 3 is 2.70 bits per heavy atom. The maximum Gasteiger partial charge on any atom is 0.274 e. The van der Waals surface area contributed by atoms with Crippen molar-refractivity contribution in [3.8, 4) is 11.8 Å². The minimum Gasteiger partial charge on any atom is -0.490 e. The summed E-state index contributed by atoms with van der Waals surface area (Å²) in [7, 11) is 0. The van der Waals surface area contributed by atoms with Gasteiger partial charge in [-0.15, -0.1) is 0 Å². The summed E-state index contributed by atoms with van der Waals surface area (Å²) in [5.41, 5.74) is -0.921. The van der Waals surface area contributed by atoms with Crippen molar-refractivity contribution < 1.29 is 9.66 Å². The molecule has 0 aromatic heterocycles. The van der Waals surface area contributed by atoms with E-state index in [0.717, 1.165) is 0 Å². The molecule has 0 spiro atoms. The van der Waals surface area contributed by atoms with Crippen LogP contribution in [-0.2, 0) is 0 Å². The Kier molecular flexibility index (Phi) is 5.48. The highest BCUT2D eigenvalue weighted by atomic mass is 79.9. The fraction of sp³-hybridized carbons (Fsp3) is 0.462. The van der Waals surface area contributed by atoms with Crippen LogP contribution in [0.2, 0.25) is 0 Å². The Balaban J connectivity index is 2.84. The molecule has 0 fully saturated rings. The standard InChI is InChI=1S/C13H16BrN3O3/c1-9(2)16-13(3,7-15)8-20-12-5-10(14)4-11(6-12)17(18)19/h4-6,9,16H,8H2,1-3H3. The lowest BCUT2D eigenvalue weighted by atomic mass is 10.1. The first-order valence-electron chi connectivity index (χ1n) is 6.02. The SMILES string of the molecule is CC(C)NC(C)(C#N)COc1cc(Br)cc([N+](=O)[O-])c1. The highest BCUT2D eigenvalue weighted by Gasteiger charge is 2.25. The highest BCUT2D eigenvalue weighted by molar-refractivity contribution is 9.10. The molecule has 108 valence electrons. The van der Waals surface area contributed by atoms with Crippen molar-refractivity contribution in [3.05, 3.63) is 32.8 Å². The number of nitro groups is 1. The molecule has 1 rings (SSSR count). The van der Waals surface area contributed by atoms with Gasteiger partial charge in [0.1, 0.15) is 17.9 Å². The van der Waals surface area contributed by atoms with E-state index in [9.17, 15) is 15.4 Å². The van der Waals surface area contributed by atoms with Gasteiger partial charge in [0, 0.05) is 16.6 Å². The molecule has 0 aliphatic heterocycles. The third-order valence-corrected chi connectivity index (χ3v) is 2.91. The van der Waals surface area contributed by atoms with E-state index in [1.807, 2.05) is 13.8 Å². The summed E-state index contributed by atoms with van der Waals surface area (Å²) < 4.78 is 6.07. The molecule has 1 atom stereocenters. The number of hydrogen-bond donors (Lipinski definition) is 1. The first-order valence-corrected chi connectivity index (χ1v) is 6.82. The molecule has 0 bridgehead atoms. The topological polar surface area (TPSA) is 88.2 Å². The van der Waals surface area contributed by atoms with Crippen molar-refractivity contribution in [1.82, 2.24) is 5.32 Å². The molecule has 6 nitrogen and oxygen atoms in total. The van der Waals surface area contributed by atoms with Gasteiger partial charge in [-0.2, -0.15) is 5.26 Å². The number of ether oxygens (including phenoxy) is 1. The van der Waals surface area contributed by atoms with Crippen LogP contribution in [0.4, 0.5) is 5.69 Å². The fourth-order valence-electron chi connectivity index (χ4n) is 1.71. The summed E-state index contributed by atoms with van der Waals surface area (Å²) >= 11 is 3.19. The van der Waals surface area contributed by atoms with Gasteiger partial charge in [-0.3, -0.25) is 15.4 Å². The third-order valence-electron chi connectivity index (χ3n) is 2.45. The smallest absolute Gasteiger partial charge is 0.274 e. The summed E-state index contributed by atoms with van der Waals surface area (Å²) in [5.74, 6) is 0.345. The lowest BCUT2D eigenvalue weighted by molar-refractivity contribution is -0.385. The zero-order chi connectivity index (χ0) is 15.3. The van der Waals surface area contributed by atoms with E-state index >= 15 is 0 Å². The van der Waals surface area contributed by atoms with E-state index in [1.165, 1.54) is 12.1 Å². The van der Waals surface area contributed by atoms with Crippen molar-refractivity contribution >= 4 is 21.6 Å². The summed E-state index contributed by atoms with van der Waals surface area (Å²) in [6, 6.07) is 6.62. The molecule has 20 heavy (non-hydrogen) atoms. The molecule has 0 aliphatic carbocycles. The van der Waals surface area contributed by atoms with Crippen LogP contribution in [-0.4, -0.2) is 23.1 Å². The molecule has 0 saturated carbocycles. The number of hydrogen-bond acceptors (Lipinski definition) is 5. The quantitative estimate of drug-likeness (QED) is 0.634. The molecule has 0 aliphatic rings. The van der Waals surface area contributed by atoms with Crippen LogP contribution in [0.1, 0.15) is 20.8 Å². The maximum atomic E-state index is 10.8. The number of nitriles is 1. The van der Waals surface area contributed by atoms with Gasteiger partial charge >= 0.3 is 0 Å². The zero-order valence-corrected chi connectivity index (χ0v) is 13.1. The van der Waals surface area contributed by atoms with Gasteiger partial charge in [0.2, 0.25) is 0 Å². The van der Waals surface area contributed by atoms with Gasteiger partial charge in [0.05, 0.1) is 17.1 Å². The fourth-order valence-corrected chi connectivity index (χ4v) is 2.17. The average molecular weight is 342 g/mol. The normalized spacial score (nSPS) is 13.6. The molecule has 1 aromatic rings. The molecule has 7 heteroatoms. The second-order valence-electron chi connectivity index (χ2n) is 4.93. The lowest BCUT2D eigenvalue weighted by Gasteiger charge is -2.25. The minimum absolute atomic E-state index is 0.0649. The first-order chi connectivity index (χ1) is 9.25.